The predicted molar refractivity (Wildman–Crippen MR) is 51.0 cm³/mol. The van der Waals surface area contributed by atoms with E-state index in [1.807, 2.05) is 0 Å². The van der Waals surface area contributed by atoms with Crippen LogP contribution in [0.2, 0.25) is 0 Å². The van der Waals surface area contributed by atoms with Gasteiger partial charge in [0, 0.05) is 6.54 Å². The molecule has 3 nitrogen and oxygen atoms in total. The second kappa shape index (κ2) is 3.66. The van der Waals surface area contributed by atoms with E-state index < -0.39 is 0 Å². The van der Waals surface area contributed by atoms with Gasteiger partial charge in [-0.15, -0.1) is 0 Å². The first-order valence-electron chi connectivity index (χ1n) is 5.29. The van der Waals surface area contributed by atoms with E-state index >= 15 is 0 Å². The van der Waals surface area contributed by atoms with Gasteiger partial charge in [-0.25, -0.2) is 0 Å². The largest absolute Gasteiger partial charge is 0.369 e. The number of hydrogen-bond acceptors (Lipinski definition) is 2. The zero-order valence-corrected chi connectivity index (χ0v) is 7.96. The smallest absolute Gasteiger partial charge is 0.222 e. The minimum absolute atomic E-state index is 0.100. The molecule has 3 heteroatoms. The number of primary amides is 1. The molecule has 1 saturated heterocycles. The average Bonchev–Trinajstić information content (AvgIpc) is 2.74. The third kappa shape index (κ3) is 1.70. The van der Waals surface area contributed by atoms with E-state index in [1.54, 1.807) is 0 Å². The fraction of sp³-hybridized carbons (Fsp3) is 0.900. The molecule has 0 aromatic heterocycles. The molecular weight excluding hydrogens is 164 g/mol. The first-order chi connectivity index (χ1) is 6.29. The van der Waals surface area contributed by atoms with E-state index in [0.717, 1.165) is 19.0 Å². The average molecular weight is 182 g/mol. The number of nitrogens with two attached hydrogens (primary N) is 1. The molecule has 0 radical (unpaired) electrons. The molecule has 0 aromatic rings. The highest BCUT2D eigenvalue weighted by molar-refractivity contribution is 5.77. The first kappa shape index (κ1) is 9.00. The third-order valence-corrected chi connectivity index (χ3v) is 3.63. The summed E-state index contributed by atoms with van der Waals surface area (Å²) in [6.07, 6.45) is 5.28. The summed E-state index contributed by atoms with van der Waals surface area (Å²) in [5.74, 6) is 1.28. The van der Waals surface area contributed by atoms with Crippen molar-refractivity contribution in [3.63, 3.8) is 0 Å². The molecule has 0 spiro atoms. The van der Waals surface area contributed by atoms with Crippen molar-refractivity contribution in [2.24, 2.45) is 23.5 Å². The van der Waals surface area contributed by atoms with Gasteiger partial charge in [-0.1, -0.05) is 25.7 Å². The molecule has 0 aromatic carbocycles. The van der Waals surface area contributed by atoms with Crippen LogP contribution in [0.25, 0.3) is 0 Å². The maximum Gasteiger partial charge on any atom is 0.222 e. The summed E-state index contributed by atoms with van der Waals surface area (Å²) >= 11 is 0. The van der Waals surface area contributed by atoms with Crippen molar-refractivity contribution >= 4 is 5.91 Å². The van der Waals surface area contributed by atoms with Gasteiger partial charge in [0.1, 0.15) is 0 Å². The number of amides is 1. The van der Waals surface area contributed by atoms with Gasteiger partial charge in [-0.2, -0.15) is 0 Å². The third-order valence-electron chi connectivity index (χ3n) is 3.63. The van der Waals surface area contributed by atoms with Gasteiger partial charge in [-0.3, -0.25) is 4.79 Å². The zero-order chi connectivity index (χ0) is 9.26. The van der Waals surface area contributed by atoms with Gasteiger partial charge < -0.3 is 11.1 Å². The molecule has 2 fully saturated rings. The summed E-state index contributed by atoms with van der Waals surface area (Å²) in [6.45, 7) is 1.80. The zero-order valence-electron chi connectivity index (χ0n) is 7.96. The summed E-state index contributed by atoms with van der Waals surface area (Å²) in [4.78, 5) is 11.2. The fourth-order valence-corrected chi connectivity index (χ4v) is 2.89. The molecule has 1 aliphatic carbocycles. The topological polar surface area (TPSA) is 55.1 Å². The van der Waals surface area contributed by atoms with Crippen LogP contribution in [-0.4, -0.2) is 19.0 Å². The van der Waals surface area contributed by atoms with Crippen LogP contribution in [-0.2, 0) is 4.79 Å². The van der Waals surface area contributed by atoms with Crippen LogP contribution in [0.3, 0.4) is 0 Å². The van der Waals surface area contributed by atoms with Crippen LogP contribution >= 0.6 is 0 Å². The summed E-state index contributed by atoms with van der Waals surface area (Å²) in [5.41, 5.74) is 5.38. The Bertz CT molecular complexity index is 199. The van der Waals surface area contributed by atoms with Gasteiger partial charge in [0.2, 0.25) is 5.91 Å². The maximum absolute atomic E-state index is 11.2. The van der Waals surface area contributed by atoms with Crippen molar-refractivity contribution in [1.29, 1.82) is 0 Å². The molecule has 1 heterocycles. The van der Waals surface area contributed by atoms with Crippen LogP contribution in [0.15, 0.2) is 0 Å². The highest BCUT2D eigenvalue weighted by Crippen LogP contribution is 2.36. The Kier molecular flexibility index (Phi) is 2.54. The highest BCUT2D eigenvalue weighted by atomic mass is 16.1. The Morgan fingerprint density at radius 1 is 1.23 bits per heavy atom. The van der Waals surface area contributed by atoms with E-state index in [0.29, 0.717) is 5.92 Å². The number of nitrogens with one attached hydrogen (secondary N) is 1. The van der Waals surface area contributed by atoms with E-state index in [1.165, 1.54) is 25.7 Å². The van der Waals surface area contributed by atoms with Crippen LogP contribution in [0.5, 0.6) is 0 Å². The van der Waals surface area contributed by atoms with Gasteiger partial charge in [-0.05, 0) is 18.4 Å². The summed E-state index contributed by atoms with van der Waals surface area (Å²) in [7, 11) is 0. The summed E-state index contributed by atoms with van der Waals surface area (Å²) in [5, 5.41) is 3.28. The maximum atomic E-state index is 11.2. The number of rotatable bonds is 2. The van der Waals surface area contributed by atoms with Crippen LogP contribution in [0.4, 0.5) is 0 Å². The standard InChI is InChI=1S/C10H18N2O/c11-10(13)9-6-12-5-8(9)7-3-1-2-4-7/h7-9,12H,1-6H2,(H2,11,13). The van der Waals surface area contributed by atoms with Gasteiger partial charge in [0.05, 0.1) is 5.92 Å². The van der Waals surface area contributed by atoms with Gasteiger partial charge in [0.15, 0.2) is 0 Å². The molecule has 3 N–H and O–H groups in total. The van der Waals surface area contributed by atoms with Crippen molar-refractivity contribution in [2.75, 3.05) is 13.1 Å². The Morgan fingerprint density at radius 3 is 2.54 bits per heavy atom. The van der Waals surface area contributed by atoms with E-state index in [2.05, 4.69) is 5.32 Å². The lowest BCUT2D eigenvalue weighted by molar-refractivity contribution is -0.122. The molecular formula is C10H18N2O. The Labute approximate surface area is 79.1 Å². The second-order valence-corrected chi connectivity index (χ2v) is 4.38. The lowest BCUT2D eigenvalue weighted by atomic mass is 9.82. The SMILES string of the molecule is NC(=O)C1CNCC1C1CCCC1. The number of carbonyl (C=O) groups excluding carboxylic acids is 1. The van der Waals surface area contributed by atoms with Crippen molar-refractivity contribution in [3.05, 3.63) is 0 Å². The Morgan fingerprint density at radius 2 is 1.92 bits per heavy atom. The second-order valence-electron chi connectivity index (χ2n) is 4.38. The van der Waals surface area contributed by atoms with E-state index in [4.69, 9.17) is 5.73 Å². The molecule has 1 aliphatic heterocycles. The first-order valence-corrected chi connectivity index (χ1v) is 5.29. The number of hydrogen-bond donors (Lipinski definition) is 2. The molecule has 2 aliphatic rings. The molecule has 2 unspecified atom stereocenters. The highest BCUT2D eigenvalue weighted by Gasteiger charge is 2.37. The van der Waals surface area contributed by atoms with Gasteiger partial charge >= 0.3 is 0 Å². The normalized spacial score (nSPS) is 35.4. The van der Waals surface area contributed by atoms with Crippen molar-refractivity contribution in [1.82, 2.24) is 5.32 Å². The monoisotopic (exact) mass is 182 g/mol. The molecule has 74 valence electrons. The summed E-state index contributed by atoms with van der Waals surface area (Å²) in [6, 6.07) is 0. The Balaban J connectivity index is 2.00. The molecule has 0 bridgehead atoms. The lowest BCUT2D eigenvalue weighted by Gasteiger charge is -2.21. The Hall–Kier alpha value is -0.570. The molecule has 1 saturated carbocycles. The predicted octanol–water partition coefficient (Wildman–Crippen LogP) is 0.497. The molecule has 13 heavy (non-hydrogen) atoms. The minimum Gasteiger partial charge on any atom is -0.369 e. The van der Waals surface area contributed by atoms with Crippen molar-refractivity contribution < 1.29 is 4.79 Å². The number of carbonyl (C=O) groups is 1. The van der Waals surface area contributed by atoms with Crippen molar-refractivity contribution in [2.45, 2.75) is 25.7 Å². The van der Waals surface area contributed by atoms with E-state index in [9.17, 15) is 4.79 Å². The van der Waals surface area contributed by atoms with Crippen LogP contribution < -0.4 is 11.1 Å². The summed E-state index contributed by atoms with van der Waals surface area (Å²) < 4.78 is 0. The van der Waals surface area contributed by atoms with Crippen LogP contribution in [0.1, 0.15) is 25.7 Å². The van der Waals surface area contributed by atoms with Crippen LogP contribution in [0, 0.1) is 17.8 Å². The lowest BCUT2D eigenvalue weighted by Crippen LogP contribution is -2.32. The van der Waals surface area contributed by atoms with Gasteiger partial charge in [0.25, 0.3) is 0 Å². The quantitative estimate of drug-likeness (QED) is 0.653. The molecule has 2 rings (SSSR count). The fourth-order valence-electron chi connectivity index (χ4n) is 2.89. The molecule has 1 amide bonds. The van der Waals surface area contributed by atoms with Crippen molar-refractivity contribution in [3.8, 4) is 0 Å². The molecule has 2 atom stereocenters. The minimum atomic E-state index is -0.109. The van der Waals surface area contributed by atoms with E-state index in [-0.39, 0.29) is 11.8 Å².